The van der Waals surface area contributed by atoms with Crippen LogP contribution in [0.25, 0.3) is 0 Å². The summed E-state index contributed by atoms with van der Waals surface area (Å²) < 4.78 is 17.7. The summed E-state index contributed by atoms with van der Waals surface area (Å²) in [5.41, 5.74) is 0.801. The highest BCUT2D eigenvalue weighted by Gasteiger charge is 2.14. The SMILES string of the molecule is CCN(CC(=O)NCc1ccc(F)cc1)C(=O)CNCCOC.Cl. The van der Waals surface area contributed by atoms with Crippen molar-refractivity contribution < 1.29 is 18.7 Å². The molecule has 0 heterocycles. The van der Waals surface area contributed by atoms with Crippen molar-refractivity contribution in [2.75, 3.05) is 39.9 Å². The second-order valence-electron chi connectivity index (χ2n) is 4.98. The maximum atomic E-state index is 12.8. The summed E-state index contributed by atoms with van der Waals surface area (Å²) in [5.74, 6) is -0.703. The number of ether oxygens (including phenoxy) is 1. The maximum absolute atomic E-state index is 12.8. The first-order valence-electron chi connectivity index (χ1n) is 7.55. The van der Waals surface area contributed by atoms with Crippen LogP contribution in [0.15, 0.2) is 24.3 Å². The van der Waals surface area contributed by atoms with Gasteiger partial charge in [-0.2, -0.15) is 0 Å². The highest BCUT2D eigenvalue weighted by atomic mass is 35.5. The third-order valence-corrected chi connectivity index (χ3v) is 3.23. The number of amides is 2. The minimum Gasteiger partial charge on any atom is -0.383 e. The fourth-order valence-corrected chi connectivity index (χ4v) is 1.89. The van der Waals surface area contributed by atoms with E-state index < -0.39 is 0 Å². The molecule has 1 aromatic rings. The monoisotopic (exact) mass is 361 g/mol. The molecule has 0 saturated carbocycles. The van der Waals surface area contributed by atoms with E-state index >= 15 is 0 Å². The van der Waals surface area contributed by atoms with Gasteiger partial charge in [0.1, 0.15) is 5.82 Å². The van der Waals surface area contributed by atoms with Crippen molar-refractivity contribution in [2.24, 2.45) is 0 Å². The van der Waals surface area contributed by atoms with Crippen LogP contribution in [0.1, 0.15) is 12.5 Å². The van der Waals surface area contributed by atoms with Gasteiger partial charge in [-0.15, -0.1) is 12.4 Å². The molecule has 2 amide bonds. The largest absolute Gasteiger partial charge is 0.383 e. The van der Waals surface area contributed by atoms with Crippen LogP contribution in [0.3, 0.4) is 0 Å². The van der Waals surface area contributed by atoms with Gasteiger partial charge in [0.2, 0.25) is 11.8 Å². The third-order valence-electron chi connectivity index (χ3n) is 3.23. The van der Waals surface area contributed by atoms with Gasteiger partial charge in [0.15, 0.2) is 0 Å². The maximum Gasteiger partial charge on any atom is 0.239 e. The highest BCUT2D eigenvalue weighted by Crippen LogP contribution is 2.02. The normalized spacial score (nSPS) is 9.96. The number of rotatable bonds is 10. The van der Waals surface area contributed by atoms with Gasteiger partial charge < -0.3 is 20.3 Å². The molecule has 0 saturated heterocycles. The Hall–Kier alpha value is -1.70. The van der Waals surface area contributed by atoms with Crippen LogP contribution >= 0.6 is 12.4 Å². The van der Waals surface area contributed by atoms with Crippen LogP contribution in [0.4, 0.5) is 4.39 Å². The molecule has 0 aliphatic rings. The first-order valence-corrected chi connectivity index (χ1v) is 7.55. The molecular weight excluding hydrogens is 337 g/mol. The van der Waals surface area contributed by atoms with Gasteiger partial charge in [-0.05, 0) is 24.6 Å². The predicted molar refractivity (Wildman–Crippen MR) is 92.5 cm³/mol. The van der Waals surface area contributed by atoms with Crippen molar-refractivity contribution in [3.8, 4) is 0 Å². The number of nitrogens with one attached hydrogen (secondary N) is 2. The minimum atomic E-state index is -0.316. The number of benzene rings is 1. The van der Waals surface area contributed by atoms with Crippen molar-refractivity contribution in [3.05, 3.63) is 35.6 Å². The fourth-order valence-electron chi connectivity index (χ4n) is 1.89. The van der Waals surface area contributed by atoms with Gasteiger partial charge in [-0.25, -0.2) is 4.39 Å². The molecule has 2 N–H and O–H groups in total. The molecule has 0 unspecified atom stereocenters. The van der Waals surface area contributed by atoms with Gasteiger partial charge in [0, 0.05) is 26.7 Å². The van der Waals surface area contributed by atoms with E-state index in [1.165, 1.54) is 17.0 Å². The lowest BCUT2D eigenvalue weighted by atomic mass is 10.2. The zero-order valence-electron chi connectivity index (χ0n) is 14.0. The summed E-state index contributed by atoms with van der Waals surface area (Å²) in [6, 6.07) is 5.90. The molecule has 0 bridgehead atoms. The van der Waals surface area contributed by atoms with E-state index in [1.807, 2.05) is 6.92 Å². The zero-order valence-corrected chi connectivity index (χ0v) is 14.8. The number of nitrogens with zero attached hydrogens (tertiary/aromatic N) is 1. The predicted octanol–water partition coefficient (Wildman–Crippen LogP) is 0.948. The lowest BCUT2D eigenvalue weighted by Crippen LogP contribution is -2.44. The van der Waals surface area contributed by atoms with Gasteiger partial charge in [-0.1, -0.05) is 12.1 Å². The molecule has 0 spiro atoms. The Labute approximate surface area is 148 Å². The first kappa shape index (κ1) is 22.3. The Bertz CT molecular complexity index is 500. The molecule has 6 nitrogen and oxygen atoms in total. The van der Waals surface area contributed by atoms with Crippen LogP contribution in [0.2, 0.25) is 0 Å². The van der Waals surface area contributed by atoms with Gasteiger partial charge in [0.05, 0.1) is 19.7 Å². The molecule has 136 valence electrons. The van der Waals surface area contributed by atoms with E-state index in [0.29, 0.717) is 26.2 Å². The molecule has 0 atom stereocenters. The lowest BCUT2D eigenvalue weighted by molar-refractivity contribution is -0.135. The molecule has 0 aromatic heterocycles. The standard InChI is InChI=1S/C16H24FN3O3.ClH/c1-3-20(16(22)11-18-8-9-23-2)12-15(21)19-10-13-4-6-14(17)7-5-13;/h4-7,18H,3,8-12H2,1-2H3,(H,19,21);1H. The molecular formula is C16H25ClFN3O3. The third kappa shape index (κ3) is 8.81. The first-order chi connectivity index (χ1) is 11.1. The number of hydrogen-bond donors (Lipinski definition) is 2. The van der Waals surface area contributed by atoms with Gasteiger partial charge in [0.25, 0.3) is 0 Å². The second-order valence-corrected chi connectivity index (χ2v) is 4.98. The summed E-state index contributed by atoms with van der Waals surface area (Å²) in [5, 5.41) is 5.67. The van der Waals surface area contributed by atoms with E-state index in [0.717, 1.165) is 5.56 Å². The number of methoxy groups -OCH3 is 1. The summed E-state index contributed by atoms with van der Waals surface area (Å²) in [7, 11) is 1.59. The van der Waals surface area contributed by atoms with E-state index in [4.69, 9.17) is 4.74 Å². The summed E-state index contributed by atoms with van der Waals surface area (Å²) in [6.45, 7) is 3.85. The number of carbonyl (C=O) groups is 2. The quantitative estimate of drug-likeness (QED) is 0.609. The van der Waals surface area contributed by atoms with E-state index in [9.17, 15) is 14.0 Å². The van der Waals surface area contributed by atoms with Gasteiger partial charge in [-0.3, -0.25) is 9.59 Å². The van der Waals surface area contributed by atoms with Crippen molar-refractivity contribution in [1.29, 1.82) is 0 Å². The Morgan fingerprint density at radius 1 is 1.25 bits per heavy atom. The topological polar surface area (TPSA) is 70.7 Å². The molecule has 1 rings (SSSR count). The van der Waals surface area contributed by atoms with Crippen LogP contribution in [-0.4, -0.2) is 56.6 Å². The van der Waals surface area contributed by atoms with Crippen LogP contribution < -0.4 is 10.6 Å². The number of likely N-dealkylation sites (N-methyl/N-ethyl adjacent to an activating group) is 1. The zero-order chi connectivity index (χ0) is 17.1. The van der Waals surface area contributed by atoms with E-state index in [-0.39, 0.29) is 43.1 Å². The average molecular weight is 362 g/mol. The minimum absolute atomic E-state index is 0. The molecule has 24 heavy (non-hydrogen) atoms. The fraction of sp³-hybridized carbons (Fsp3) is 0.500. The Kier molecular flexibility index (Phi) is 11.8. The van der Waals surface area contributed by atoms with Crippen molar-refractivity contribution in [1.82, 2.24) is 15.5 Å². The summed E-state index contributed by atoms with van der Waals surface area (Å²) in [6.07, 6.45) is 0. The molecule has 0 radical (unpaired) electrons. The number of hydrogen-bond acceptors (Lipinski definition) is 4. The van der Waals surface area contributed by atoms with Crippen LogP contribution in [-0.2, 0) is 20.9 Å². The molecule has 0 fully saturated rings. The Morgan fingerprint density at radius 2 is 1.92 bits per heavy atom. The Balaban J connectivity index is 0.00000529. The van der Waals surface area contributed by atoms with Crippen LogP contribution in [0, 0.1) is 5.82 Å². The number of halogens is 2. The lowest BCUT2D eigenvalue weighted by Gasteiger charge is -2.20. The van der Waals surface area contributed by atoms with E-state index in [1.54, 1.807) is 19.2 Å². The Morgan fingerprint density at radius 3 is 2.50 bits per heavy atom. The summed E-state index contributed by atoms with van der Waals surface area (Å²) >= 11 is 0. The van der Waals surface area contributed by atoms with Gasteiger partial charge >= 0.3 is 0 Å². The second kappa shape index (κ2) is 12.7. The number of carbonyl (C=O) groups excluding carboxylic acids is 2. The molecule has 0 aliphatic carbocycles. The van der Waals surface area contributed by atoms with Crippen molar-refractivity contribution in [2.45, 2.75) is 13.5 Å². The van der Waals surface area contributed by atoms with Crippen LogP contribution in [0.5, 0.6) is 0 Å². The highest BCUT2D eigenvalue weighted by molar-refractivity contribution is 5.86. The molecule has 8 heteroatoms. The molecule has 0 aliphatic heterocycles. The smallest absolute Gasteiger partial charge is 0.239 e. The average Bonchev–Trinajstić information content (AvgIpc) is 2.56. The molecule has 1 aromatic carbocycles. The van der Waals surface area contributed by atoms with E-state index in [2.05, 4.69) is 10.6 Å². The summed E-state index contributed by atoms with van der Waals surface area (Å²) in [4.78, 5) is 25.4. The van der Waals surface area contributed by atoms with Crippen molar-refractivity contribution >= 4 is 24.2 Å². The van der Waals surface area contributed by atoms with Crippen molar-refractivity contribution in [3.63, 3.8) is 0 Å².